The summed E-state index contributed by atoms with van der Waals surface area (Å²) in [5, 5.41) is 4.00. The maximum atomic E-state index is 11.8. The van der Waals surface area contributed by atoms with Crippen molar-refractivity contribution in [2.24, 2.45) is 0 Å². The first-order chi connectivity index (χ1) is 12.0. The van der Waals surface area contributed by atoms with Gasteiger partial charge in [0.25, 0.3) is 0 Å². The number of amides is 2. The SMILES string of the molecule is CN1C(=O)C(=O)NC1c1nc(-c2ccccc2)c2cc(Cl)ccc2n1. The van der Waals surface area contributed by atoms with Gasteiger partial charge in [0.05, 0.1) is 11.2 Å². The maximum Gasteiger partial charge on any atom is 0.313 e. The van der Waals surface area contributed by atoms with Crippen LogP contribution in [0.4, 0.5) is 0 Å². The molecule has 1 N–H and O–H groups in total. The number of likely N-dealkylation sites (N-methyl/N-ethyl adjacent to an activating group) is 1. The number of nitrogens with zero attached hydrogens (tertiary/aromatic N) is 3. The van der Waals surface area contributed by atoms with Gasteiger partial charge in [-0.1, -0.05) is 41.9 Å². The summed E-state index contributed by atoms with van der Waals surface area (Å²) in [6.45, 7) is 0. The molecule has 4 rings (SSSR count). The molecule has 25 heavy (non-hydrogen) atoms. The summed E-state index contributed by atoms with van der Waals surface area (Å²) >= 11 is 6.14. The largest absolute Gasteiger partial charge is 0.321 e. The van der Waals surface area contributed by atoms with E-state index in [0.29, 0.717) is 22.1 Å². The first-order valence-electron chi connectivity index (χ1n) is 7.65. The van der Waals surface area contributed by atoms with Crippen molar-refractivity contribution in [1.29, 1.82) is 0 Å². The standard InChI is InChI=1S/C18H13ClN4O2/c1-23-16(22-17(24)18(23)25)15-20-13-8-7-11(19)9-12(13)14(21-15)10-5-3-2-4-6-10/h2-9,16H,1H3,(H,22,24). The third-order valence-electron chi connectivity index (χ3n) is 4.14. The highest BCUT2D eigenvalue weighted by atomic mass is 35.5. The molecule has 0 aliphatic carbocycles. The third-order valence-corrected chi connectivity index (χ3v) is 4.37. The molecular weight excluding hydrogens is 340 g/mol. The highest BCUT2D eigenvalue weighted by Gasteiger charge is 2.38. The van der Waals surface area contributed by atoms with Crippen LogP contribution in [-0.4, -0.2) is 33.7 Å². The van der Waals surface area contributed by atoms with E-state index in [1.54, 1.807) is 19.2 Å². The van der Waals surface area contributed by atoms with E-state index in [-0.39, 0.29) is 0 Å². The second kappa shape index (κ2) is 5.82. The van der Waals surface area contributed by atoms with Crippen molar-refractivity contribution in [2.75, 3.05) is 7.05 Å². The lowest BCUT2D eigenvalue weighted by Crippen LogP contribution is -2.27. The summed E-state index contributed by atoms with van der Waals surface area (Å²) in [6.07, 6.45) is -0.692. The molecule has 0 bridgehead atoms. The molecule has 7 heteroatoms. The van der Waals surface area contributed by atoms with Gasteiger partial charge in [-0.15, -0.1) is 0 Å². The molecule has 0 radical (unpaired) electrons. The van der Waals surface area contributed by atoms with Crippen LogP contribution in [0.5, 0.6) is 0 Å². The number of rotatable bonds is 2. The molecule has 124 valence electrons. The monoisotopic (exact) mass is 352 g/mol. The zero-order valence-corrected chi connectivity index (χ0v) is 14.0. The van der Waals surface area contributed by atoms with E-state index in [4.69, 9.17) is 11.6 Å². The number of benzene rings is 2. The summed E-state index contributed by atoms with van der Waals surface area (Å²) in [6, 6.07) is 15.0. The normalized spacial score (nSPS) is 17.2. The quantitative estimate of drug-likeness (QED) is 0.719. The molecule has 1 atom stereocenters. The van der Waals surface area contributed by atoms with Gasteiger partial charge in [0.2, 0.25) is 0 Å². The molecule has 1 unspecified atom stereocenters. The van der Waals surface area contributed by atoms with Crippen LogP contribution in [0.2, 0.25) is 5.02 Å². The van der Waals surface area contributed by atoms with Crippen LogP contribution in [0, 0.1) is 0 Å². The smallest absolute Gasteiger partial charge is 0.313 e. The molecule has 1 saturated heterocycles. The molecule has 1 aliphatic rings. The summed E-state index contributed by atoms with van der Waals surface area (Å²) < 4.78 is 0. The molecular formula is C18H13ClN4O2. The number of carbonyl (C=O) groups is 2. The van der Waals surface area contributed by atoms with Crippen molar-refractivity contribution in [3.63, 3.8) is 0 Å². The summed E-state index contributed by atoms with van der Waals surface area (Å²) in [4.78, 5) is 33.9. The van der Waals surface area contributed by atoms with Crippen molar-refractivity contribution in [3.05, 3.63) is 59.4 Å². The molecule has 0 saturated carbocycles. The van der Waals surface area contributed by atoms with Gasteiger partial charge < -0.3 is 10.2 Å². The van der Waals surface area contributed by atoms with E-state index < -0.39 is 18.0 Å². The predicted molar refractivity (Wildman–Crippen MR) is 93.6 cm³/mol. The maximum absolute atomic E-state index is 11.8. The fourth-order valence-electron chi connectivity index (χ4n) is 2.85. The minimum atomic E-state index is -0.692. The molecule has 1 aliphatic heterocycles. The molecule has 0 spiro atoms. The lowest BCUT2D eigenvalue weighted by atomic mass is 10.1. The first kappa shape index (κ1) is 15.5. The van der Waals surface area contributed by atoms with Crippen LogP contribution in [0.1, 0.15) is 12.0 Å². The van der Waals surface area contributed by atoms with Crippen molar-refractivity contribution in [2.45, 2.75) is 6.17 Å². The zero-order valence-electron chi connectivity index (χ0n) is 13.2. The average Bonchev–Trinajstić information content (AvgIpc) is 2.89. The molecule has 2 aromatic carbocycles. The van der Waals surface area contributed by atoms with E-state index in [1.807, 2.05) is 36.4 Å². The Hall–Kier alpha value is -2.99. The first-order valence-corrected chi connectivity index (χ1v) is 8.02. The number of hydrogen-bond acceptors (Lipinski definition) is 4. The van der Waals surface area contributed by atoms with Gasteiger partial charge in [-0.05, 0) is 18.2 Å². The van der Waals surface area contributed by atoms with Crippen LogP contribution < -0.4 is 5.32 Å². The Bertz CT molecular complexity index is 1010. The molecule has 1 aromatic heterocycles. The topological polar surface area (TPSA) is 75.2 Å². The number of nitrogens with one attached hydrogen (secondary N) is 1. The summed E-state index contributed by atoms with van der Waals surface area (Å²) in [5.74, 6) is -0.907. The Morgan fingerprint density at radius 1 is 1.08 bits per heavy atom. The molecule has 2 amide bonds. The van der Waals surface area contributed by atoms with Crippen LogP contribution >= 0.6 is 11.6 Å². The Morgan fingerprint density at radius 2 is 1.84 bits per heavy atom. The summed E-state index contributed by atoms with van der Waals surface area (Å²) in [5.41, 5.74) is 2.29. The zero-order chi connectivity index (χ0) is 17.6. The summed E-state index contributed by atoms with van der Waals surface area (Å²) in [7, 11) is 1.54. The molecule has 6 nitrogen and oxygen atoms in total. The van der Waals surface area contributed by atoms with Crippen LogP contribution in [0.25, 0.3) is 22.2 Å². The molecule has 1 fully saturated rings. The lowest BCUT2D eigenvalue weighted by molar-refractivity contribution is -0.140. The van der Waals surface area contributed by atoms with Crippen molar-refractivity contribution in [3.8, 4) is 11.3 Å². The Balaban J connectivity index is 1.95. The highest BCUT2D eigenvalue weighted by molar-refractivity contribution is 6.36. The van der Waals surface area contributed by atoms with Gasteiger partial charge in [-0.2, -0.15) is 0 Å². The molecule has 2 heterocycles. The second-order valence-corrected chi connectivity index (χ2v) is 6.19. The van der Waals surface area contributed by atoms with E-state index in [0.717, 1.165) is 10.9 Å². The number of carbonyl (C=O) groups excluding carboxylic acids is 2. The van der Waals surface area contributed by atoms with Crippen LogP contribution in [0.15, 0.2) is 48.5 Å². The van der Waals surface area contributed by atoms with Gasteiger partial charge in [0.15, 0.2) is 12.0 Å². The van der Waals surface area contributed by atoms with Gasteiger partial charge in [0, 0.05) is 23.0 Å². The highest BCUT2D eigenvalue weighted by Crippen LogP contribution is 2.30. The minimum absolute atomic E-state index is 0.357. The van der Waals surface area contributed by atoms with E-state index >= 15 is 0 Å². The van der Waals surface area contributed by atoms with Crippen molar-refractivity contribution in [1.82, 2.24) is 20.2 Å². The Labute approximate surface area is 148 Å². The predicted octanol–water partition coefficient (Wildman–Crippen LogP) is 2.54. The Morgan fingerprint density at radius 3 is 2.52 bits per heavy atom. The van der Waals surface area contributed by atoms with Crippen molar-refractivity contribution >= 4 is 34.3 Å². The number of hydrogen-bond donors (Lipinski definition) is 1. The minimum Gasteiger partial charge on any atom is -0.321 e. The van der Waals surface area contributed by atoms with Crippen molar-refractivity contribution < 1.29 is 9.59 Å². The van der Waals surface area contributed by atoms with Gasteiger partial charge in [0.1, 0.15) is 0 Å². The van der Waals surface area contributed by atoms with Crippen LogP contribution in [0.3, 0.4) is 0 Å². The fraction of sp³-hybridized carbons (Fsp3) is 0.111. The van der Waals surface area contributed by atoms with Gasteiger partial charge in [-0.25, -0.2) is 9.97 Å². The van der Waals surface area contributed by atoms with E-state index in [2.05, 4.69) is 15.3 Å². The van der Waals surface area contributed by atoms with E-state index in [1.165, 1.54) is 4.90 Å². The number of fused-ring (bicyclic) bond motifs is 1. The lowest BCUT2D eigenvalue weighted by Gasteiger charge is -2.18. The average molecular weight is 353 g/mol. The second-order valence-electron chi connectivity index (χ2n) is 5.75. The van der Waals surface area contributed by atoms with Gasteiger partial charge >= 0.3 is 11.8 Å². The fourth-order valence-corrected chi connectivity index (χ4v) is 3.03. The Kier molecular flexibility index (Phi) is 3.62. The third kappa shape index (κ3) is 2.60. The van der Waals surface area contributed by atoms with Gasteiger partial charge in [-0.3, -0.25) is 9.59 Å². The van der Waals surface area contributed by atoms with Crippen LogP contribution in [-0.2, 0) is 9.59 Å². The number of halogens is 1. The van der Waals surface area contributed by atoms with E-state index in [9.17, 15) is 9.59 Å². The molecule has 3 aromatic rings. The number of aromatic nitrogens is 2.